The van der Waals surface area contributed by atoms with Crippen molar-refractivity contribution in [2.75, 3.05) is 5.73 Å². The average molecular weight is 360 g/mol. The summed E-state index contributed by atoms with van der Waals surface area (Å²) in [4.78, 5) is -1.52. The molecule has 0 aliphatic carbocycles. The molecule has 0 fully saturated rings. The quantitative estimate of drug-likeness (QED) is 0.664. The Morgan fingerprint density at radius 1 is 1.00 bits per heavy atom. The Balaban J connectivity index is 3.51. The number of hydrogen-bond donors (Lipinski definition) is 1. The number of anilines is 1. The van der Waals surface area contributed by atoms with E-state index in [1.165, 1.54) is 0 Å². The fraction of sp³-hybridized carbons (Fsp3) is 0.333. The van der Waals surface area contributed by atoms with Gasteiger partial charge in [0.05, 0.1) is 15.6 Å². The molecule has 120 valence electrons. The summed E-state index contributed by atoms with van der Waals surface area (Å²) >= 11 is 5.37. The molecule has 0 aliphatic rings. The maximum atomic E-state index is 13.3. The molecule has 21 heavy (non-hydrogen) atoms. The molecule has 12 heteroatoms. The molecule has 0 saturated carbocycles. The van der Waals surface area contributed by atoms with Crippen molar-refractivity contribution in [2.24, 2.45) is 0 Å². The molecule has 0 radical (unpaired) electrons. The molecule has 0 unspecified atom stereocenters. The van der Waals surface area contributed by atoms with Gasteiger partial charge in [0.25, 0.3) is 0 Å². The van der Waals surface area contributed by atoms with E-state index in [2.05, 4.69) is 0 Å². The van der Waals surface area contributed by atoms with E-state index in [-0.39, 0.29) is 11.1 Å². The van der Waals surface area contributed by atoms with Crippen LogP contribution in [-0.4, -0.2) is 25.8 Å². The lowest BCUT2D eigenvalue weighted by Crippen LogP contribution is -2.55. The van der Waals surface area contributed by atoms with Gasteiger partial charge in [-0.1, -0.05) is 11.6 Å². The van der Waals surface area contributed by atoms with Gasteiger partial charge in [-0.15, -0.1) is 0 Å². The Morgan fingerprint density at radius 3 is 1.86 bits per heavy atom. The smallest absolute Gasteiger partial charge is 0.397 e. The van der Waals surface area contributed by atoms with Crippen molar-refractivity contribution in [1.29, 1.82) is 0 Å². The fourth-order valence-electron chi connectivity index (χ4n) is 1.17. The molecule has 0 saturated heterocycles. The highest BCUT2D eigenvalue weighted by Gasteiger charge is 2.78. The van der Waals surface area contributed by atoms with E-state index < -0.39 is 37.8 Å². The van der Waals surface area contributed by atoms with Crippen LogP contribution in [0.25, 0.3) is 0 Å². The van der Waals surface area contributed by atoms with Gasteiger partial charge in [0.2, 0.25) is 9.84 Å². The van der Waals surface area contributed by atoms with Gasteiger partial charge in [0.15, 0.2) is 0 Å². The van der Waals surface area contributed by atoms with Crippen molar-refractivity contribution < 1.29 is 39.2 Å². The van der Waals surface area contributed by atoms with Gasteiger partial charge < -0.3 is 5.73 Å². The van der Waals surface area contributed by atoms with Gasteiger partial charge in [-0.3, -0.25) is 0 Å². The number of nitrogen functional groups attached to an aromatic ring is 1. The van der Waals surface area contributed by atoms with E-state index in [0.717, 1.165) is 0 Å². The van der Waals surface area contributed by atoms with E-state index in [1.54, 1.807) is 0 Å². The van der Waals surface area contributed by atoms with Crippen LogP contribution in [0.1, 0.15) is 0 Å². The summed E-state index contributed by atoms with van der Waals surface area (Å²) in [5.74, 6) is -6.78. The molecule has 0 aliphatic heterocycles. The van der Waals surface area contributed by atoms with Crippen molar-refractivity contribution in [2.45, 2.75) is 22.2 Å². The van der Waals surface area contributed by atoms with Crippen LogP contribution in [0, 0.1) is 0 Å². The standard InChI is InChI=1S/C9H5ClF7NO2S/c10-5-2-1-4(3-6(5)18)21(19,20)9(16,17)7(11,12)8(13,14)15/h1-3H,18H2. The number of halogens is 8. The molecule has 0 atom stereocenters. The highest BCUT2D eigenvalue weighted by molar-refractivity contribution is 7.92. The fourth-order valence-corrected chi connectivity index (χ4v) is 2.57. The lowest BCUT2D eigenvalue weighted by atomic mass is 10.3. The second-order valence-corrected chi connectivity index (χ2v) is 6.17. The molecular weight excluding hydrogens is 355 g/mol. The molecule has 1 aromatic carbocycles. The summed E-state index contributed by atoms with van der Waals surface area (Å²) in [5, 5.41) is -6.71. The van der Waals surface area contributed by atoms with Crippen LogP contribution in [0.4, 0.5) is 36.4 Å². The van der Waals surface area contributed by atoms with E-state index in [1.807, 2.05) is 0 Å². The third kappa shape index (κ3) is 2.63. The van der Waals surface area contributed by atoms with E-state index >= 15 is 0 Å². The molecule has 0 spiro atoms. The molecule has 1 aromatic rings. The number of hydrogen-bond acceptors (Lipinski definition) is 3. The van der Waals surface area contributed by atoms with Gasteiger partial charge in [-0.25, -0.2) is 8.42 Å². The molecule has 1 rings (SSSR count). The number of nitrogens with two attached hydrogens (primary N) is 1. The van der Waals surface area contributed by atoms with Crippen LogP contribution >= 0.6 is 11.6 Å². The highest BCUT2D eigenvalue weighted by atomic mass is 35.5. The molecule has 0 aromatic heterocycles. The molecule has 2 N–H and O–H groups in total. The summed E-state index contributed by atoms with van der Waals surface area (Å²) in [5.41, 5.74) is 4.52. The molecule has 3 nitrogen and oxygen atoms in total. The normalized spacial score (nSPS) is 14.3. The van der Waals surface area contributed by atoms with E-state index in [0.29, 0.717) is 12.1 Å². The summed E-state index contributed by atoms with van der Waals surface area (Å²) in [6, 6.07) is 1.28. The van der Waals surface area contributed by atoms with Crippen LogP contribution < -0.4 is 5.73 Å². The first-order valence-corrected chi connectivity index (χ1v) is 6.64. The summed E-state index contributed by atoms with van der Waals surface area (Å²) in [6.07, 6.45) is -6.76. The minimum atomic E-state index is -6.78. The minimum Gasteiger partial charge on any atom is -0.397 e. The largest absolute Gasteiger partial charge is 0.461 e. The minimum absolute atomic E-state index is 0.262. The first-order chi connectivity index (χ1) is 9.16. The Hall–Kier alpha value is -1.23. The second kappa shape index (κ2) is 4.90. The number of rotatable bonds is 3. The van der Waals surface area contributed by atoms with Crippen molar-refractivity contribution in [1.82, 2.24) is 0 Å². The molecule has 0 heterocycles. The SMILES string of the molecule is Nc1cc(S(=O)(=O)C(F)(F)C(F)(F)C(F)(F)F)ccc1Cl. The maximum absolute atomic E-state index is 13.3. The van der Waals surface area contributed by atoms with Crippen LogP contribution in [0.3, 0.4) is 0 Å². The third-order valence-electron chi connectivity index (χ3n) is 2.34. The Morgan fingerprint density at radius 2 is 1.48 bits per heavy atom. The zero-order valence-corrected chi connectivity index (χ0v) is 11.1. The topological polar surface area (TPSA) is 60.2 Å². The second-order valence-electron chi connectivity index (χ2n) is 3.78. The van der Waals surface area contributed by atoms with Gasteiger partial charge >= 0.3 is 17.4 Å². The molecular formula is C9H5ClF7NO2S. The summed E-state index contributed by atoms with van der Waals surface area (Å²) in [6.45, 7) is 0. The predicted molar refractivity (Wildman–Crippen MR) is 59.0 cm³/mol. The number of alkyl halides is 7. The first-order valence-electron chi connectivity index (χ1n) is 4.78. The van der Waals surface area contributed by atoms with Crippen molar-refractivity contribution in [3.05, 3.63) is 23.2 Å². The third-order valence-corrected chi connectivity index (χ3v) is 4.49. The van der Waals surface area contributed by atoms with Crippen molar-refractivity contribution >= 4 is 27.1 Å². The predicted octanol–water partition coefficient (Wildman–Crippen LogP) is 3.49. The molecule has 0 bridgehead atoms. The number of benzene rings is 1. The van der Waals surface area contributed by atoms with E-state index in [4.69, 9.17) is 17.3 Å². The summed E-state index contributed by atoms with van der Waals surface area (Å²) < 4.78 is 111. The lowest BCUT2D eigenvalue weighted by molar-refractivity contribution is -0.332. The average Bonchev–Trinajstić information content (AvgIpc) is 2.30. The first kappa shape index (κ1) is 17.8. The maximum Gasteiger partial charge on any atom is 0.461 e. The Kier molecular flexibility index (Phi) is 4.16. The summed E-state index contributed by atoms with van der Waals surface area (Å²) in [7, 11) is -6.36. The highest BCUT2D eigenvalue weighted by Crippen LogP contribution is 2.50. The van der Waals surface area contributed by atoms with Crippen LogP contribution in [0.15, 0.2) is 23.1 Å². The molecule has 0 amide bonds. The van der Waals surface area contributed by atoms with Crippen LogP contribution in [-0.2, 0) is 9.84 Å². The van der Waals surface area contributed by atoms with Crippen LogP contribution in [0.5, 0.6) is 0 Å². The van der Waals surface area contributed by atoms with Gasteiger partial charge in [0.1, 0.15) is 0 Å². The zero-order valence-electron chi connectivity index (χ0n) is 9.56. The lowest BCUT2D eigenvalue weighted by Gasteiger charge is -2.27. The van der Waals surface area contributed by atoms with Gasteiger partial charge in [-0.05, 0) is 18.2 Å². The van der Waals surface area contributed by atoms with E-state index in [9.17, 15) is 39.2 Å². The van der Waals surface area contributed by atoms with Gasteiger partial charge in [0, 0.05) is 0 Å². The Labute approximate surface area is 118 Å². The number of sulfone groups is 1. The van der Waals surface area contributed by atoms with Crippen molar-refractivity contribution in [3.63, 3.8) is 0 Å². The Bertz CT molecular complexity index is 657. The van der Waals surface area contributed by atoms with Gasteiger partial charge in [-0.2, -0.15) is 30.7 Å². The van der Waals surface area contributed by atoms with Crippen molar-refractivity contribution in [3.8, 4) is 0 Å². The van der Waals surface area contributed by atoms with Crippen LogP contribution in [0.2, 0.25) is 5.02 Å². The monoisotopic (exact) mass is 359 g/mol. The zero-order chi connectivity index (χ0) is 16.9.